The van der Waals surface area contributed by atoms with Gasteiger partial charge in [-0.3, -0.25) is 9.79 Å². The van der Waals surface area contributed by atoms with Gasteiger partial charge in [0.1, 0.15) is 0 Å². The molecule has 1 aromatic heterocycles. The predicted molar refractivity (Wildman–Crippen MR) is 106 cm³/mol. The first-order chi connectivity index (χ1) is 13.6. The Balaban J connectivity index is 1.52. The van der Waals surface area contributed by atoms with Crippen molar-refractivity contribution < 1.29 is 14.1 Å². The number of halogens is 1. The molecule has 0 amide bonds. The van der Waals surface area contributed by atoms with E-state index in [-0.39, 0.29) is 11.9 Å². The van der Waals surface area contributed by atoms with E-state index in [1.165, 1.54) is 0 Å². The Morgan fingerprint density at radius 3 is 2.71 bits per heavy atom. The molecule has 150 valence electrons. The van der Waals surface area contributed by atoms with E-state index in [0.29, 0.717) is 29.9 Å². The van der Waals surface area contributed by atoms with Crippen molar-refractivity contribution in [2.24, 2.45) is 10.9 Å². The van der Waals surface area contributed by atoms with Crippen molar-refractivity contribution in [3.63, 3.8) is 0 Å². The molecule has 0 radical (unpaired) electrons. The number of esters is 1. The zero-order valence-electron chi connectivity index (χ0n) is 16.0. The second-order valence-electron chi connectivity index (χ2n) is 6.43. The Bertz CT molecular complexity index is 813. The van der Waals surface area contributed by atoms with Crippen LogP contribution in [-0.2, 0) is 16.1 Å². The second kappa shape index (κ2) is 9.54. The van der Waals surface area contributed by atoms with Gasteiger partial charge in [0, 0.05) is 30.7 Å². The fourth-order valence-electron chi connectivity index (χ4n) is 3.12. The normalized spacial score (nSPS) is 15.5. The molecule has 3 rings (SSSR count). The highest BCUT2D eigenvalue weighted by atomic mass is 35.5. The topological polar surface area (TPSA) is 92.8 Å². The second-order valence-corrected chi connectivity index (χ2v) is 6.87. The average Bonchev–Trinajstić information content (AvgIpc) is 3.18. The first-order valence-corrected chi connectivity index (χ1v) is 9.69. The number of likely N-dealkylation sites (tertiary alicyclic amines) is 1. The molecule has 0 bridgehead atoms. The maximum atomic E-state index is 11.9. The van der Waals surface area contributed by atoms with Crippen LogP contribution in [0.25, 0.3) is 11.4 Å². The summed E-state index contributed by atoms with van der Waals surface area (Å²) in [6, 6.07) is 7.26. The predicted octanol–water partition coefficient (Wildman–Crippen LogP) is 2.74. The zero-order chi connectivity index (χ0) is 19.9. The van der Waals surface area contributed by atoms with Crippen LogP contribution in [0.3, 0.4) is 0 Å². The number of nitrogens with zero attached hydrogens (tertiary/aromatic N) is 4. The Morgan fingerprint density at radius 2 is 2.07 bits per heavy atom. The maximum Gasteiger partial charge on any atom is 0.309 e. The number of guanidine groups is 1. The van der Waals surface area contributed by atoms with E-state index in [9.17, 15) is 4.79 Å². The number of benzene rings is 1. The lowest BCUT2D eigenvalue weighted by atomic mass is 9.97. The molecule has 8 nitrogen and oxygen atoms in total. The molecule has 0 atom stereocenters. The quantitative estimate of drug-likeness (QED) is 0.464. The van der Waals surface area contributed by atoms with E-state index < -0.39 is 0 Å². The van der Waals surface area contributed by atoms with Gasteiger partial charge in [-0.05, 0) is 44.0 Å². The van der Waals surface area contributed by atoms with Crippen LogP contribution in [0.1, 0.15) is 25.7 Å². The molecule has 28 heavy (non-hydrogen) atoms. The standard InChI is InChI=1S/C19H24ClN5O3/c1-3-27-18(26)14-8-10-25(11-9-14)19(21-2)22-12-16-23-17(24-28-16)13-4-6-15(20)7-5-13/h4-7,14H,3,8-12H2,1-2H3,(H,21,22). The van der Waals surface area contributed by atoms with Gasteiger partial charge in [-0.1, -0.05) is 16.8 Å². The van der Waals surface area contributed by atoms with E-state index in [1.54, 1.807) is 19.2 Å². The van der Waals surface area contributed by atoms with Gasteiger partial charge in [0.25, 0.3) is 0 Å². The lowest BCUT2D eigenvalue weighted by Crippen LogP contribution is -2.46. The van der Waals surface area contributed by atoms with E-state index in [2.05, 4.69) is 25.3 Å². The van der Waals surface area contributed by atoms with Gasteiger partial charge in [-0.15, -0.1) is 0 Å². The highest BCUT2D eigenvalue weighted by Crippen LogP contribution is 2.20. The van der Waals surface area contributed by atoms with Gasteiger partial charge >= 0.3 is 5.97 Å². The number of hydrogen-bond donors (Lipinski definition) is 1. The molecule has 1 N–H and O–H groups in total. The fraction of sp³-hybridized carbons (Fsp3) is 0.474. The lowest BCUT2D eigenvalue weighted by Gasteiger charge is -2.33. The molecule has 1 fully saturated rings. The molecule has 0 spiro atoms. The van der Waals surface area contributed by atoms with Crippen molar-refractivity contribution in [1.82, 2.24) is 20.4 Å². The molecule has 0 aliphatic carbocycles. The van der Waals surface area contributed by atoms with Crippen molar-refractivity contribution in [2.45, 2.75) is 26.3 Å². The SMILES string of the molecule is CCOC(=O)C1CCN(C(=NC)NCc2nc(-c3ccc(Cl)cc3)no2)CC1. The van der Waals surface area contributed by atoms with Crippen molar-refractivity contribution >= 4 is 23.5 Å². The third-order valence-electron chi connectivity index (χ3n) is 4.59. The maximum absolute atomic E-state index is 11.9. The van der Waals surface area contributed by atoms with Crippen LogP contribution in [0, 0.1) is 5.92 Å². The van der Waals surface area contributed by atoms with Crippen LogP contribution in [0.4, 0.5) is 0 Å². The minimum absolute atomic E-state index is 0.0350. The Morgan fingerprint density at radius 1 is 1.36 bits per heavy atom. The third kappa shape index (κ3) is 5.01. The first kappa shape index (κ1) is 20.1. The Hall–Kier alpha value is -2.61. The van der Waals surface area contributed by atoms with E-state index in [1.807, 2.05) is 19.1 Å². The molecule has 0 saturated carbocycles. The summed E-state index contributed by atoms with van der Waals surface area (Å²) >= 11 is 5.90. The fourth-order valence-corrected chi connectivity index (χ4v) is 3.24. The summed E-state index contributed by atoms with van der Waals surface area (Å²) in [7, 11) is 1.73. The molecular weight excluding hydrogens is 382 g/mol. The minimum Gasteiger partial charge on any atom is -0.466 e. The molecule has 1 aliphatic heterocycles. The van der Waals surface area contributed by atoms with Gasteiger partial charge in [-0.2, -0.15) is 4.98 Å². The number of hydrogen-bond acceptors (Lipinski definition) is 6. The highest BCUT2D eigenvalue weighted by molar-refractivity contribution is 6.30. The summed E-state index contributed by atoms with van der Waals surface area (Å²) in [5, 5.41) is 7.90. The largest absolute Gasteiger partial charge is 0.466 e. The molecule has 1 aromatic carbocycles. The minimum atomic E-state index is -0.106. The molecule has 2 heterocycles. The number of piperidine rings is 1. The van der Waals surface area contributed by atoms with Gasteiger partial charge in [0.15, 0.2) is 5.96 Å². The van der Waals surface area contributed by atoms with Crippen molar-refractivity contribution in [3.05, 3.63) is 35.2 Å². The summed E-state index contributed by atoms with van der Waals surface area (Å²) in [4.78, 5) is 22.7. The van der Waals surface area contributed by atoms with Gasteiger partial charge in [0.2, 0.25) is 11.7 Å². The summed E-state index contributed by atoms with van der Waals surface area (Å²) in [6.07, 6.45) is 1.50. The summed E-state index contributed by atoms with van der Waals surface area (Å²) in [6.45, 7) is 4.09. The van der Waals surface area contributed by atoms with Crippen LogP contribution in [0.5, 0.6) is 0 Å². The molecule has 1 aliphatic rings. The van der Waals surface area contributed by atoms with Crippen LogP contribution < -0.4 is 5.32 Å². The van der Waals surface area contributed by atoms with Gasteiger partial charge in [-0.25, -0.2) is 0 Å². The zero-order valence-corrected chi connectivity index (χ0v) is 16.8. The van der Waals surface area contributed by atoms with Crippen LogP contribution in [0.15, 0.2) is 33.8 Å². The number of carbonyl (C=O) groups is 1. The smallest absolute Gasteiger partial charge is 0.309 e. The first-order valence-electron chi connectivity index (χ1n) is 9.31. The molecule has 2 aromatic rings. The molecular formula is C19H24ClN5O3. The third-order valence-corrected chi connectivity index (χ3v) is 4.85. The summed E-state index contributed by atoms with van der Waals surface area (Å²) in [5.41, 5.74) is 0.838. The lowest BCUT2D eigenvalue weighted by molar-refractivity contribution is -0.149. The summed E-state index contributed by atoms with van der Waals surface area (Å²) < 4.78 is 10.4. The number of aliphatic imine (C=N–C) groups is 1. The van der Waals surface area contributed by atoms with E-state index >= 15 is 0 Å². The number of rotatable bonds is 5. The molecule has 9 heteroatoms. The van der Waals surface area contributed by atoms with Crippen LogP contribution in [0.2, 0.25) is 5.02 Å². The monoisotopic (exact) mass is 405 g/mol. The number of ether oxygens (including phenoxy) is 1. The Labute approximate surface area is 168 Å². The Kier molecular flexibility index (Phi) is 6.86. The highest BCUT2D eigenvalue weighted by Gasteiger charge is 2.27. The van der Waals surface area contributed by atoms with Crippen molar-refractivity contribution in [1.29, 1.82) is 0 Å². The molecule has 0 unspecified atom stereocenters. The van der Waals surface area contributed by atoms with Crippen LogP contribution in [-0.4, -0.2) is 53.7 Å². The number of aromatic nitrogens is 2. The van der Waals surface area contributed by atoms with Crippen LogP contribution >= 0.6 is 11.6 Å². The van der Waals surface area contributed by atoms with E-state index in [0.717, 1.165) is 37.5 Å². The van der Waals surface area contributed by atoms with Crippen molar-refractivity contribution in [3.8, 4) is 11.4 Å². The number of nitrogens with one attached hydrogen (secondary N) is 1. The average molecular weight is 406 g/mol. The van der Waals surface area contributed by atoms with Gasteiger partial charge < -0.3 is 19.5 Å². The van der Waals surface area contributed by atoms with Crippen molar-refractivity contribution in [2.75, 3.05) is 26.7 Å². The van der Waals surface area contributed by atoms with E-state index in [4.69, 9.17) is 20.9 Å². The molecule has 1 saturated heterocycles. The summed E-state index contributed by atoms with van der Waals surface area (Å²) in [5.74, 6) is 1.58. The number of carbonyl (C=O) groups excluding carboxylic acids is 1. The van der Waals surface area contributed by atoms with Gasteiger partial charge in [0.05, 0.1) is 19.1 Å².